The third-order valence-corrected chi connectivity index (χ3v) is 5.47. The monoisotopic (exact) mass is 358 g/mol. The van der Waals surface area contributed by atoms with Gasteiger partial charge in [-0.15, -0.1) is 23.5 Å². The molecule has 0 aromatic heterocycles. The highest BCUT2D eigenvalue weighted by Crippen LogP contribution is 2.23. The van der Waals surface area contributed by atoms with Crippen LogP contribution in [0.3, 0.4) is 0 Å². The molecule has 5 heteroatoms. The highest BCUT2D eigenvalue weighted by molar-refractivity contribution is 8.16. The molecule has 0 aliphatic carbocycles. The molecule has 2 N–H and O–H groups in total. The van der Waals surface area contributed by atoms with Gasteiger partial charge in [-0.25, -0.2) is 4.79 Å². The smallest absolute Gasteiger partial charge is 0.335 e. The molecule has 132 valence electrons. The van der Waals surface area contributed by atoms with E-state index >= 15 is 0 Å². The molecule has 0 atom stereocenters. The molecule has 0 aliphatic heterocycles. The van der Waals surface area contributed by atoms with Crippen LogP contribution in [0.25, 0.3) is 0 Å². The van der Waals surface area contributed by atoms with E-state index in [9.17, 15) is 9.90 Å². The number of aliphatic hydroxyl groups excluding tert-OH is 1. The summed E-state index contributed by atoms with van der Waals surface area (Å²) in [5.41, 5.74) is 0.331. The average molecular weight is 359 g/mol. The van der Waals surface area contributed by atoms with Gasteiger partial charge >= 0.3 is 5.97 Å². The first-order valence-corrected chi connectivity index (χ1v) is 10.4. The number of aliphatic hydroxyl groups is 1. The fourth-order valence-corrected chi connectivity index (χ4v) is 3.81. The molecule has 0 saturated carbocycles. The van der Waals surface area contributed by atoms with Gasteiger partial charge in [0.15, 0.2) is 0 Å². The minimum Gasteiger partial charge on any atom is -0.478 e. The first-order valence-electron chi connectivity index (χ1n) is 8.31. The summed E-state index contributed by atoms with van der Waals surface area (Å²) in [5.74, 6) is 1.33. The fourth-order valence-electron chi connectivity index (χ4n) is 1.70. The van der Waals surface area contributed by atoms with Crippen molar-refractivity contribution in [1.82, 2.24) is 0 Å². The van der Waals surface area contributed by atoms with Crippen LogP contribution >= 0.6 is 23.5 Å². The van der Waals surface area contributed by atoms with Gasteiger partial charge in [-0.2, -0.15) is 0 Å². The first-order chi connectivity index (χ1) is 11.1. The Labute approximate surface area is 149 Å². The van der Waals surface area contributed by atoms with E-state index in [1.54, 1.807) is 53.9 Å². The second kappa shape index (κ2) is 16.2. The maximum atomic E-state index is 10.2. The second-order valence-electron chi connectivity index (χ2n) is 5.13. The van der Waals surface area contributed by atoms with E-state index in [2.05, 4.69) is 13.8 Å². The van der Waals surface area contributed by atoms with Crippen LogP contribution in [0.5, 0.6) is 0 Å². The number of hydrogen-bond acceptors (Lipinski definition) is 4. The predicted octanol–water partition coefficient (Wildman–Crippen LogP) is 5.49. The van der Waals surface area contributed by atoms with Crippen molar-refractivity contribution in [1.29, 1.82) is 0 Å². The number of thioether (sulfide) groups is 2. The van der Waals surface area contributed by atoms with Gasteiger partial charge in [0.05, 0.1) is 5.56 Å². The molecular weight excluding hydrogens is 328 g/mol. The summed E-state index contributed by atoms with van der Waals surface area (Å²) in [5, 5.41) is 18.0. The third-order valence-electron chi connectivity index (χ3n) is 3.04. The van der Waals surface area contributed by atoms with E-state index in [1.807, 2.05) is 0 Å². The van der Waals surface area contributed by atoms with E-state index in [-0.39, 0.29) is 4.77 Å². The largest absolute Gasteiger partial charge is 0.478 e. The van der Waals surface area contributed by atoms with E-state index in [0.29, 0.717) is 5.56 Å². The number of hydrogen-bond donors (Lipinski definition) is 2. The molecule has 23 heavy (non-hydrogen) atoms. The minimum atomic E-state index is -0.879. The molecule has 1 aromatic carbocycles. The Hall–Kier alpha value is -0.650. The van der Waals surface area contributed by atoms with Gasteiger partial charge in [0.1, 0.15) is 4.77 Å². The van der Waals surface area contributed by atoms with Gasteiger partial charge < -0.3 is 10.2 Å². The quantitative estimate of drug-likeness (QED) is 0.404. The summed E-state index contributed by atoms with van der Waals surface area (Å²) in [7, 11) is 0. The van der Waals surface area contributed by atoms with Crippen molar-refractivity contribution in [2.24, 2.45) is 0 Å². The van der Waals surface area contributed by atoms with Crippen LogP contribution < -0.4 is 0 Å². The van der Waals surface area contributed by atoms with E-state index in [4.69, 9.17) is 5.11 Å². The summed E-state index contributed by atoms with van der Waals surface area (Å²) >= 11 is 3.39. The van der Waals surface area contributed by atoms with Crippen molar-refractivity contribution in [2.45, 2.75) is 57.1 Å². The molecule has 0 radical (unpaired) electrons. The van der Waals surface area contributed by atoms with Crippen molar-refractivity contribution in [3.63, 3.8) is 0 Å². The van der Waals surface area contributed by atoms with Crippen LogP contribution in [0.15, 0.2) is 30.3 Å². The zero-order valence-corrected chi connectivity index (χ0v) is 15.9. The van der Waals surface area contributed by atoms with E-state index in [1.165, 1.54) is 38.5 Å². The highest BCUT2D eigenvalue weighted by Gasteiger charge is 2.03. The number of carboxylic acid groups (broad SMARTS) is 1. The Bertz CT molecular complexity index is 373. The van der Waals surface area contributed by atoms with Gasteiger partial charge in [-0.3, -0.25) is 0 Å². The molecule has 0 spiro atoms. The lowest BCUT2D eigenvalue weighted by molar-refractivity contribution is 0.0697. The second-order valence-corrected chi connectivity index (χ2v) is 7.81. The first kappa shape index (κ1) is 22.4. The van der Waals surface area contributed by atoms with Crippen LogP contribution in [-0.2, 0) is 0 Å². The number of unbranched alkanes of at least 4 members (excludes halogenated alkanes) is 4. The Morgan fingerprint density at radius 1 is 0.957 bits per heavy atom. The SMILES string of the molecule is CCCCCSC(O)SCCCCC.O=C(O)c1ccccc1. The molecule has 0 fully saturated rings. The van der Waals surface area contributed by atoms with Gasteiger partial charge in [-0.05, 0) is 36.5 Å². The van der Waals surface area contributed by atoms with Gasteiger partial charge in [0.2, 0.25) is 0 Å². The van der Waals surface area contributed by atoms with Crippen molar-refractivity contribution in [3.05, 3.63) is 35.9 Å². The van der Waals surface area contributed by atoms with Crippen molar-refractivity contribution in [3.8, 4) is 0 Å². The van der Waals surface area contributed by atoms with Crippen LogP contribution in [-0.4, -0.2) is 32.5 Å². The van der Waals surface area contributed by atoms with Crippen LogP contribution in [0, 0.1) is 0 Å². The maximum Gasteiger partial charge on any atom is 0.335 e. The molecule has 0 unspecified atom stereocenters. The Morgan fingerprint density at radius 2 is 1.43 bits per heavy atom. The highest BCUT2D eigenvalue weighted by atomic mass is 32.2. The van der Waals surface area contributed by atoms with Gasteiger partial charge in [0.25, 0.3) is 0 Å². The zero-order chi connectivity index (χ0) is 17.3. The topological polar surface area (TPSA) is 57.5 Å². The van der Waals surface area contributed by atoms with E-state index in [0.717, 1.165) is 11.5 Å². The van der Waals surface area contributed by atoms with Gasteiger partial charge in [0, 0.05) is 0 Å². The maximum absolute atomic E-state index is 10.2. The normalized spacial score (nSPS) is 10.3. The Kier molecular flexibility index (Phi) is 15.8. The van der Waals surface area contributed by atoms with Crippen molar-refractivity contribution < 1.29 is 15.0 Å². The van der Waals surface area contributed by atoms with Crippen molar-refractivity contribution >= 4 is 29.5 Å². The number of aromatic carboxylic acids is 1. The van der Waals surface area contributed by atoms with Crippen LogP contribution in [0.4, 0.5) is 0 Å². The Morgan fingerprint density at radius 3 is 1.78 bits per heavy atom. The summed E-state index contributed by atoms with van der Waals surface area (Å²) in [6, 6.07) is 8.30. The zero-order valence-electron chi connectivity index (χ0n) is 14.2. The van der Waals surface area contributed by atoms with Crippen molar-refractivity contribution in [2.75, 3.05) is 11.5 Å². The molecule has 0 amide bonds. The van der Waals surface area contributed by atoms with E-state index < -0.39 is 5.97 Å². The molecule has 3 nitrogen and oxygen atoms in total. The average Bonchev–Trinajstić information content (AvgIpc) is 2.57. The number of benzene rings is 1. The summed E-state index contributed by atoms with van der Waals surface area (Å²) in [6.07, 6.45) is 7.60. The summed E-state index contributed by atoms with van der Waals surface area (Å²) in [4.78, 5) is 10.2. The summed E-state index contributed by atoms with van der Waals surface area (Å²) in [6.45, 7) is 4.42. The number of carbonyl (C=O) groups is 1. The van der Waals surface area contributed by atoms with Crippen LogP contribution in [0.2, 0.25) is 0 Å². The lowest BCUT2D eigenvalue weighted by atomic mass is 10.2. The lowest BCUT2D eigenvalue weighted by Gasteiger charge is -2.09. The molecule has 0 aliphatic rings. The minimum absolute atomic E-state index is 0.191. The molecule has 1 rings (SSSR count). The number of carboxylic acids is 1. The Balaban J connectivity index is 0.000000459. The molecule has 0 saturated heterocycles. The predicted molar refractivity (Wildman–Crippen MR) is 103 cm³/mol. The lowest BCUT2D eigenvalue weighted by Crippen LogP contribution is -1.97. The molecule has 1 aromatic rings. The number of rotatable bonds is 11. The van der Waals surface area contributed by atoms with Gasteiger partial charge in [-0.1, -0.05) is 57.7 Å². The van der Waals surface area contributed by atoms with Crippen LogP contribution in [0.1, 0.15) is 62.7 Å². The molecular formula is C18H30O3S2. The standard InChI is InChI=1S/C11H24OS2.C7H6O2/c1-3-5-7-9-13-11(12)14-10-8-6-4-2;8-7(9)6-4-2-1-3-5-6/h11-12H,3-10H2,1-2H3;1-5H,(H,8,9). The third kappa shape index (κ3) is 14.7. The summed E-state index contributed by atoms with van der Waals surface area (Å²) < 4.78 is -0.191. The molecule has 0 heterocycles. The molecule has 0 bridgehead atoms. The fraction of sp³-hybridized carbons (Fsp3) is 0.611.